The summed E-state index contributed by atoms with van der Waals surface area (Å²) in [4.78, 5) is 270. The van der Waals surface area contributed by atoms with Crippen molar-refractivity contribution in [1.82, 2.24) is 90.0 Å². The van der Waals surface area contributed by atoms with Gasteiger partial charge in [0.2, 0.25) is 100 Å². The van der Waals surface area contributed by atoms with Crippen molar-refractivity contribution in [1.29, 1.82) is 0 Å². The highest BCUT2D eigenvalue weighted by Gasteiger charge is 2.41. The Balaban J connectivity index is 1.52. The van der Waals surface area contributed by atoms with Gasteiger partial charge in [-0.15, -0.1) is 11.8 Å². The van der Waals surface area contributed by atoms with Crippen molar-refractivity contribution < 1.29 is 142 Å². The van der Waals surface area contributed by atoms with Gasteiger partial charge in [-0.2, -0.15) is 0 Å². The highest BCUT2D eigenvalue weighted by Crippen LogP contribution is 2.18. The van der Waals surface area contributed by atoms with Gasteiger partial charge >= 0.3 is 17.9 Å². The van der Waals surface area contributed by atoms with Crippen LogP contribution in [0.1, 0.15) is 123 Å². The molecule has 27 N–H and O–H groups in total. The first-order valence-corrected chi connectivity index (χ1v) is 43.6. The molecule has 1 saturated heterocycles. The molecule has 1 heterocycles. The van der Waals surface area contributed by atoms with Crippen LogP contribution in [0.5, 0.6) is 11.5 Å². The van der Waals surface area contributed by atoms with Gasteiger partial charge in [0.1, 0.15) is 84.0 Å². The number of rotatable bonds is 59. The van der Waals surface area contributed by atoms with Crippen LogP contribution in [0.2, 0.25) is 0 Å². The Morgan fingerprint density at radius 1 is 0.439 bits per heavy atom. The number of nitrogens with zero attached hydrogens (tertiary/aromatic N) is 1. The summed E-state index contributed by atoms with van der Waals surface area (Å²) < 4.78 is 0. The number of phenolic OH excluding ortho intramolecular Hbond substituents is 2. The monoisotopic (exact) mass is 1880 g/mol. The number of piperazine rings is 1. The van der Waals surface area contributed by atoms with Crippen LogP contribution in [0.3, 0.4) is 0 Å². The van der Waals surface area contributed by atoms with Crippen LogP contribution in [0.15, 0.2) is 78.9 Å². The second-order valence-electron chi connectivity index (χ2n) is 31.9. The Kier molecular flexibility index (Phi) is 48.1. The number of unbranched alkanes of at least 4 members (excludes halogenated alkanes) is 1. The molecule has 47 nitrogen and oxygen atoms in total. The van der Waals surface area contributed by atoms with E-state index < -0.39 is 267 Å². The minimum Gasteiger partial charge on any atom is -0.508 e. The quantitative estimate of drug-likeness (QED) is 0.0233. The Morgan fingerprint density at radius 2 is 0.856 bits per heavy atom. The minimum absolute atomic E-state index is 0.0146. The van der Waals surface area contributed by atoms with Gasteiger partial charge in [0, 0.05) is 44.8 Å². The standard InChI is InChI=1S/C84H122N18O29S/c1-8-44(4)70(82(129)95-56(33-50-19-23-52(108)24-20-50)76(123)91-54(30-43(2)3)75(122)93-58(34-68(116)117)74(121)89-45(5)14-12-13-27-85)100-81(128)61(40-104)97-77(124)55(32-49-17-21-51(107)22-18-49)92-78(125)59(35-69(118)119)94-80(127)60(39-103)98-84(131)72(47(7)106)101-79(126)57(31-48-15-10-9-11-16-48)96-83(130)71(46(6)105)99-62(109)36-88-73(120)53(25-26-67(114)115)90-65(112)42-132-41-64(111)86-28-29-102-38-63(110)87-37-66(102)113/h9-11,15-24,43-47,53-61,70-72,103-108H,8,12-14,25-42,85H2,1-7H3,(H,86,111)(H,87,110)(H,88,120)(H,89,121)(H,90,112)(H,91,123)(H,92,125)(H,93,122)(H,94,127)(H,95,129)(H,96,130)(H,97,124)(H,98,131)(H,99,109)(H,100,128)(H,101,126)(H,114,115)(H,116,117)(H,118,119)/t44-,45+,46+,47+,53-,54-,55-,56-,57-,58-,59-,60-,61-,70-,71-,72-/m0/s1. The zero-order chi connectivity index (χ0) is 98.6. The summed E-state index contributed by atoms with van der Waals surface area (Å²) in [6.07, 6.45) is -6.46. The van der Waals surface area contributed by atoms with Crippen LogP contribution in [-0.4, -0.2) is 324 Å². The van der Waals surface area contributed by atoms with Gasteiger partial charge in [0.05, 0.1) is 69.4 Å². The van der Waals surface area contributed by atoms with Crippen LogP contribution in [0.4, 0.5) is 0 Å². The predicted octanol–water partition coefficient (Wildman–Crippen LogP) is -7.85. The summed E-state index contributed by atoms with van der Waals surface area (Å²) in [5.41, 5.74) is 6.48. The average Bonchev–Trinajstić information content (AvgIpc) is 0.843. The van der Waals surface area contributed by atoms with Crippen LogP contribution in [0, 0.1) is 11.8 Å². The molecule has 1 aliphatic rings. The number of carboxylic acid groups (broad SMARTS) is 3. The molecule has 0 saturated carbocycles. The first-order valence-electron chi connectivity index (χ1n) is 42.5. The smallest absolute Gasteiger partial charge is 0.305 e. The fraction of sp³-hybridized carbons (Fsp3) is 0.548. The van der Waals surface area contributed by atoms with E-state index in [0.29, 0.717) is 36.9 Å². The fourth-order valence-electron chi connectivity index (χ4n) is 13.0. The number of hydrogen-bond donors (Lipinski definition) is 26. The largest absolute Gasteiger partial charge is 0.508 e. The molecule has 132 heavy (non-hydrogen) atoms. The summed E-state index contributed by atoms with van der Waals surface area (Å²) in [5, 5.41) is 130. The van der Waals surface area contributed by atoms with Crippen molar-refractivity contribution in [3.8, 4) is 11.5 Å². The fourth-order valence-corrected chi connectivity index (χ4v) is 13.6. The molecule has 0 radical (unpaired) electrons. The molecule has 1 aliphatic heterocycles. The third kappa shape index (κ3) is 40.4. The Morgan fingerprint density at radius 3 is 1.34 bits per heavy atom. The third-order valence-electron chi connectivity index (χ3n) is 20.4. The molecule has 48 heteroatoms. The maximum Gasteiger partial charge on any atom is 0.305 e. The molecule has 16 atom stereocenters. The van der Waals surface area contributed by atoms with E-state index in [1.165, 1.54) is 72.5 Å². The number of aromatic hydroxyl groups is 2. The normalized spacial score (nSPS) is 15.4. The van der Waals surface area contributed by atoms with Gasteiger partial charge in [0.25, 0.3) is 0 Å². The van der Waals surface area contributed by atoms with Crippen LogP contribution in [0.25, 0.3) is 0 Å². The van der Waals surface area contributed by atoms with E-state index in [2.05, 4.69) is 85.1 Å². The molecule has 0 unspecified atom stereocenters. The Bertz CT molecular complexity index is 4460. The highest BCUT2D eigenvalue weighted by molar-refractivity contribution is 8.00. The number of hydrogen-bond acceptors (Lipinski definition) is 28. The lowest BCUT2D eigenvalue weighted by Crippen LogP contribution is -2.63. The number of carbonyl (C=O) groups is 20. The first kappa shape index (κ1) is 111. The number of aliphatic hydroxyl groups excluding tert-OH is 4. The maximum absolute atomic E-state index is 14.7. The molecular weight excluding hydrogens is 1760 g/mol. The van der Waals surface area contributed by atoms with E-state index in [4.69, 9.17) is 5.73 Å². The van der Waals surface area contributed by atoms with Crippen molar-refractivity contribution in [3.63, 3.8) is 0 Å². The lowest BCUT2D eigenvalue weighted by Gasteiger charge is -2.30. The molecule has 0 spiro atoms. The molecule has 728 valence electrons. The number of benzene rings is 3. The Hall–Kier alpha value is -13.2. The van der Waals surface area contributed by atoms with E-state index in [1.807, 2.05) is 0 Å². The maximum atomic E-state index is 14.7. The zero-order valence-electron chi connectivity index (χ0n) is 74.0. The van der Waals surface area contributed by atoms with E-state index >= 15 is 0 Å². The number of phenols is 2. The van der Waals surface area contributed by atoms with Crippen LogP contribution >= 0.6 is 11.8 Å². The molecule has 0 aromatic heterocycles. The number of thioether (sulfide) groups is 1. The van der Waals surface area contributed by atoms with Gasteiger partial charge in [-0.05, 0) is 106 Å². The average molecular weight is 1880 g/mol. The van der Waals surface area contributed by atoms with E-state index in [-0.39, 0.29) is 86.0 Å². The highest BCUT2D eigenvalue weighted by atomic mass is 32.2. The molecular formula is C84H122N18O29S. The molecule has 0 aliphatic carbocycles. The van der Waals surface area contributed by atoms with Crippen molar-refractivity contribution in [2.24, 2.45) is 17.6 Å². The summed E-state index contributed by atoms with van der Waals surface area (Å²) in [6, 6.07) is -4.41. The van der Waals surface area contributed by atoms with Gasteiger partial charge in [0.15, 0.2) is 0 Å². The van der Waals surface area contributed by atoms with Gasteiger partial charge in [-0.25, -0.2) is 0 Å². The van der Waals surface area contributed by atoms with Crippen molar-refractivity contribution in [2.45, 2.75) is 216 Å². The molecule has 4 rings (SSSR count). The van der Waals surface area contributed by atoms with Crippen molar-refractivity contribution in [3.05, 3.63) is 95.6 Å². The van der Waals surface area contributed by atoms with Crippen LogP contribution < -0.4 is 90.8 Å². The topological polar surface area (TPSA) is 745 Å². The minimum atomic E-state index is -2.23. The lowest BCUT2D eigenvalue weighted by atomic mass is 9.96. The SMILES string of the molecule is CC[C@H](C)[C@H](NC(=O)[C@H](CO)NC(=O)[C@H](Cc1ccc(O)cc1)NC(=O)[C@H](CC(=O)O)NC(=O)[C@H](CO)NC(=O)[C@@H](NC(=O)[C@H](Cc1ccccc1)NC(=O)[C@@H](NC(=O)CNC(=O)[C@H](CCC(=O)O)NC(=O)CSCC(=O)NCCN1CC(=O)NCC1=O)[C@@H](C)O)[C@@H](C)O)C(=O)N[C@@H](Cc1ccc(O)cc1)C(=O)N[C@@H](CC(C)C)C(=O)N[C@@H](CC(=O)O)C(=O)N[C@H](C)CCCCN. The summed E-state index contributed by atoms with van der Waals surface area (Å²) >= 11 is 0.802. The van der Waals surface area contributed by atoms with Crippen molar-refractivity contribution >= 4 is 130 Å². The summed E-state index contributed by atoms with van der Waals surface area (Å²) in [5.74, 6) is -24.5. The number of aliphatic carboxylic acids is 3. The summed E-state index contributed by atoms with van der Waals surface area (Å²) in [7, 11) is 0. The number of nitrogens with one attached hydrogen (secondary N) is 16. The molecule has 3 aromatic rings. The van der Waals surface area contributed by atoms with E-state index in [0.717, 1.165) is 25.6 Å². The predicted molar refractivity (Wildman–Crippen MR) is 468 cm³/mol. The number of carbonyl (C=O) groups excluding carboxylic acids is 17. The second kappa shape index (κ2) is 57.1. The first-order chi connectivity index (χ1) is 62.3. The van der Waals surface area contributed by atoms with Gasteiger partial charge in [-0.3, -0.25) is 95.9 Å². The number of carboxylic acids is 3. The molecule has 1 fully saturated rings. The van der Waals surface area contributed by atoms with E-state index in [1.54, 1.807) is 45.9 Å². The second-order valence-corrected chi connectivity index (χ2v) is 32.9. The van der Waals surface area contributed by atoms with Gasteiger partial charge in [-0.1, -0.05) is 95.1 Å². The lowest BCUT2D eigenvalue weighted by molar-refractivity contribution is -0.142. The molecule has 3 aromatic carbocycles. The van der Waals surface area contributed by atoms with E-state index in [9.17, 15) is 142 Å². The van der Waals surface area contributed by atoms with Crippen LogP contribution in [-0.2, 0) is 115 Å². The zero-order valence-corrected chi connectivity index (χ0v) is 74.8. The summed E-state index contributed by atoms with van der Waals surface area (Å²) in [6.45, 7) is 6.77. The number of nitrogens with two attached hydrogens (primary N) is 1. The molecule has 0 bridgehead atoms. The van der Waals surface area contributed by atoms with Crippen molar-refractivity contribution in [2.75, 3.05) is 64.0 Å². The number of amides is 17. The van der Waals surface area contributed by atoms with Gasteiger partial charge < -0.3 is 142 Å². The Labute approximate surface area is 763 Å². The third-order valence-corrected chi connectivity index (χ3v) is 21.3. The number of aliphatic hydroxyl groups is 4. The molecule has 17 amide bonds.